The number of nitrogens with two attached hydrogens (primary N) is 4. The molecule has 4 saturated heterocycles. The fraction of sp³-hybridized carbons (Fsp3) is 0.600. The first-order chi connectivity index (χ1) is 49.2. The number of hydrogen-bond donors (Lipinski definition) is 14. The van der Waals surface area contributed by atoms with Crippen molar-refractivity contribution in [3.63, 3.8) is 0 Å². The molecule has 14 amide bonds. The lowest BCUT2D eigenvalue weighted by atomic mass is 10.0. The molecule has 4 aliphatic heterocycles. The third-order valence-electron chi connectivity index (χ3n) is 18.8. The first-order valence-electron chi connectivity index (χ1n) is 35.4. The Morgan fingerprint density at radius 2 is 0.740 bits per heavy atom. The van der Waals surface area contributed by atoms with Crippen LogP contribution < -0.4 is 60.2 Å². The van der Waals surface area contributed by atoms with Crippen molar-refractivity contribution in [2.45, 2.75) is 229 Å². The molecule has 0 radical (unpaired) electrons. The van der Waals surface area contributed by atoms with Crippen LogP contribution in [-0.2, 0) is 89.6 Å². The van der Waals surface area contributed by atoms with Crippen LogP contribution in [0.1, 0.15) is 154 Å². The molecule has 104 heavy (non-hydrogen) atoms. The number of aromatic hydroxyl groups is 1. The first kappa shape index (κ1) is 82.7. The molecule has 6 rings (SSSR count). The summed E-state index contributed by atoms with van der Waals surface area (Å²) in [4.78, 5) is 223. The minimum absolute atomic E-state index is 0.00302. The maximum atomic E-state index is 15.1. The monoisotopic (exact) mass is 1460 g/mol. The van der Waals surface area contributed by atoms with Crippen LogP contribution in [0, 0.1) is 11.8 Å². The molecule has 0 saturated carbocycles. The van der Waals surface area contributed by atoms with Gasteiger partial charge < -0.3 is 95.1 Å². The summed E-state index contributed by atoms with van der Waals surface area (Å²) in [5, 5.41) is 48.0. The highest BCUT2D eigenvalue weighted by atomic mass is 16.4. The molecule has 2 aromatic carbocycles. The van der Waals surface area contributed by atoms with Crippen LogP contribution in [0.15, 0.2) is 54.6 Å². The molecule has 0 spiro atoms. The average Bonchev–Trinajstić information content (AvgIpc) is 1.61. The van der Waals surface area contributed by atoms with Gasteiger partial charge in [0.2, 0.25) is 82.7 Å². The number of likely N-dealkylation sites (tertiary alicyclic amines) is 4. The number of primary amides is 3. The van der Waals surface area contributed by atoms with Gasteiger partial charge in [-0.25, -0.2) is 4.79 Å². The van der Waals surface area contributed by atoms with E-state index in [1.54, 1.807) is 58.0 Å². The van der Waals surface area contributed by atoms with E-state index in [1.807, 2.05) is 0 Å². The van der Waals surface area contributed by atoms with Crippen LogP contribution in [0.5, 0.6) is 5.75 Å². The normalized spacial score (nSPS) is 19.5. The number of benzene rings is 2. The number of hydrogen-bond acceptors (Lipinski definition) is 18. The highest BCUT2D eigenvalue weighted by molar-refractivity contribution is 6.00. The summed E-state index contributed by atoms with van der Waals surface area (Å²) in [6, 6.07) is -1.83. The summed E-state index contributed by atoms with van der Waals surface area (Å²) in [5.74, 6) is -14.4. The van der Waals surface area contributed by atoms with E-state index in [4.69, 9.17) is 22.9 Å². The lowest BCUT2D eigenvalue weighted by molar-refractivity contribution is -0.146. The van der Waals surface area contributed by atoms with Gasteiger partial charge in [0, 0.05) is 64.7 Å². The molecule has 2 aromatic rings. The third-order valence-corrected chi connectivity index (χ3v) is 18.8. The Morgan fingerprint density at radius 3 is 1.17 bits per heavy atom. The second-order valence-electron chi connectivity index (χ2n) is 27.9. The Morgan fingerprint density at radius 1 is 0.404 bits per heavy atom. The number of nitrogens with zero attached hydrogens (tertiary/aromatic N) is 4. The Kier molecular flexibility index (Phi) is 31.3. The lowest BCUT2D eigenvalue weighted by Crippen LogP contribution is -2.60. The van der Waals surface area contributed by atoms with Gasteiger partial charge >= 0.3 is 11.9 Å². The highest BCUT2D eigenvalue weighted by Gasteiger charge is 2.46. The van der Waals surface area contributed by atoms with Crippen LogP contribution in [0.25, 0.3) is 0 Å². The van der Waals surface area contributed by atoms with Crippen molar-refractivity contribution in [2.24, 2.45) is 34.8 Å². The van der Waals surface area contributed by atoms with Crippen molar-refractivity contribution < 1.29 is 92.0 Å². The number of carbonyl (C=O) groups excluding carboxylic acids is 14. The van der Waals surface area contributed by atoms with Gasteiger partial charge in [0.25, 0.3) is 0 Å². The van der Waals surface area contributed by atoms with Gasteiger partial charge in [0.05, 0.1) is 6.04 Å². The maximum absolute atomic E-state index is 15.1. The zero-order chi connectivity index (χ0) is 76.6. The minimum atomic E-state index is -1.61. The van der Waals surface area contributed by atoms with Gasteiger partial charge in [-0.1, -0.05) is 70.2 Å². The van der Waals surface area contributed by atoms with Crippen LogP contribution in [0.3, 0.4) is 0 Å². The first-order valence-corrected chi connectivity index (χ1v) is 35.4. The largest absolute Gasteiger partial charge is 0.508 e. The predicted molar refractivity (Wildman–Crippen MR) is 371 cm³/mol. The zero-order valence-corrected chi connectivity index (χ0v) is 59.2. The van der Waals surface area contributed by atoms with Crippen molar-refractivity contribution >= 4 is 94.6 Å². The van der Waals surface area contributed by atoms with Gasteiger partial charge in [-0.15, -0.1) is 0 Å². The molecule has 18 N–H and O–H groups in total. The number of aliphatic carboxylic acids is 2. The second kappa shape index (κ2) is 39.4. The Hall–Kier alpha value is -10.3. The molecular weight excluding hydrogens is 1350 g/mol. The standard InChI is InChI=1S/C70H101N15O19/c1-38(2)34-47(78-59(92)43(71)22-26-55(72)87)61(94)76-45(23-27-56(73)88)66(99)83-31-9-16-53(83)64(97)80-49(36-40-12-6-5-7-13-40)69(102)85-33-10-15-52(85)63(96)77-46(24-28-57(74)89)67(100)82-30-8-14-51(82)62(95)75-44(25-29-58(90)91)60(93)79-48(35-39(3)4)68(101)84-32-11-17-54(84)65(98)81-50(70(103)104)37-41-18-20-42(86)21-19-41/h5-7,12-13,18-21,38-39,43-54,86H,8-11,14-17,22-37,71H2,1-4H3,(H2,72,87)(H2,73,88)(H2,74,89)(H,75,95)(H,76,94)(H,77,96)(H,78,92)(H,79,93)(H,80,97)(H,81,98)(H,90,91)(H,103,104)/t43-,44-,45-,46-,47-,48-,49-,50-,51-,52-,53-,54-/m0/s1. The molecule has 4 aliphatic rings. The van der Waals surface area contributed by atoms with Crippen LogP contribution in [-0.4, -0.2) is 228 Å². The summed E-state index contributed by atoms with van der Waals surface area (Å²) in [6.07, 6.45) is -1.62. The second-order valence-corrected chi connectivity index (χ2v) is 27.9. The van der Waals surface area contributed by atoms with E-state index in [1.165, 1.54) is 39.0 Å². The molecule has 0 bridgehead atoms. The van der Waals surface area contributed by atoms with E-state index >= 15 is 4.79 Å². The van der Waals surface area contributed by atoms with E-state index < -0.39 is 186 Å². The van der Waals surface area contributed by atoms with E-state index in [0.717, 1.165) is 4.90 Å². The Bertz CT molecular complexity index is 3450. The minimum Gasteiger partial charge on any atom is -0.508 e. The predicted octanol–water partition coefficient (Wildman–Crippen LogP) is -2.30. The molecule has 34 heteroatoms. The van der Waals surface area contributed by atoms with Crippen molar-refractivity contribution in [2.75, 3.05) is 26.2 Å². The van der Waals surface area contributed by atoms with Crippen molar-refractivity contribution in [3.05, 3.63) is 65.7 Å². The van der Waals surface area contributed by atoms with Crippen LogP contribution in [0.4, 0.5) is 0 Å². The topological polar surface area (TPSA) is 535 Å². The van der Waals surface area contributed by atoms with Gasteiger partial charge in [-0.05, 0) is 125 Å². The zero-order valence-electron chi connectivity index (χ0n) is 59.2. The summed E-state index contributed by atoms with van der Waals surface area (Å²) >= 11 is 0. The maximum Gasteiger partial charge on any atom is 0.326 e. The van der Waals surface area contributed by atoms with Gasteiger partial charge in [0.15, 0.2) is 0 Å². The number of nitrogens with one attached hydrogen (secondary N) is 7. The SMILES string of the molecule is CC(C)C[C@H](NC(=O)[C@@H](N)CCC(N)=O)C(=O)N[C@@H](CCC(N)=O)C(=O)N1CCC[C@H]1C(=O)N[C@@H](Cc1ccccc1)C(=O)N1CCC[C@H]1C(=O)N[C@@H](CCC(N)=O)C(=O)N1CCC[C@H]1C(=O)N[C@@H](CCC(=O)O)C(=O)N[C@@H](CC(C)C)C(=O)N1CCC[C@H]1C(=O)N[C@@H](Cc1ccc(O)cc1)C(=O)O. The summed E-state index contributed by atoms with van der Waals surface area (Å²) in [5.41, 5.74) is 23.4. The molecule has 0 aromatic heterocycles. The van der Waals surface area contributed by atoms with Gasteiger partial charge in [-0.2, -0.15) is 0 Å². The molecule has 4 heterocycles. The van der Waals surface area contributed by atoms with E-state index in [-0.39, 0.29) is 140 Å². The summed E-state index contributed by atoms with van der Waals surface area (Å²) in [7, 11) is 0. The number of carbonyl (C=O) groups is 16. The van der Waals surface area contributed by atoms with Crippen molar-refractivity contribution in [1.29, 1.82) is 0 Å². The number of carboxylic acid groups (broad SMARTS) is 2. The number of rotatable bonds is 39. The number of phenols is 1. The molecule has 12 atom stereocenters. The average molecular weight is 1460 g/mol. The van der Waals surface area contributed by atoms with Gasteiger partial charge in [0.1, 0.15) is 72.2 Å². The van der Waals surface area contributed by atoms with Crippen LogP contribution >= 0.6 is 0 Å². The molecule has 4 fully saturated rings. The Balaban J connectivity index is 1.16. The fourth-order valence-electron chi connectivity index (χ4n) is 13.5. The van der Waals surface area contributed by atoms with Crippen molar-refractivity contribution in [3.8, 4) is 5.75 Å². The van der Waals surface area contributed by atoms with Crippen LogP contribution in [0.2, 0.25) is 0 Å². The molecule has 0 aliphatic carbocycles. The lowest BCUT2D eigenvalue weighted by Gasteiger charge is -2.33. The van der Waals surface area contributed by atoms with E-state index in [0.29, 0.717) is 24.0 Å². The number of phenolic OH excluding ortho intramolecular Hbond substituents is 1. The summed E-state index contributed by atoms with van der Waals surface area (Å²) in [6.45, 7) is 7.09. The quantitative estimate of drug-likeness (QED) is 0.0335. The molecule has 570 valence electrons. The molecular formula is C70H101N15O19. The van der Waals surface area contributed by atoms with Crippen molar-refractivity contribution in [1.82, 2.24) is 56.8 Å². The Labute approximate surface area is 602 Å². The number of carboxylic acids is 2. The summed E-state index contributed by atoms with van der Waals surface area (Å²) < 4.78 is 0. The highest BCUT2D eigenvalue weighted by Crippen LogP contribution is 2.27. The molecule has 34 nitrogen and oxygen atoms in total. The smallest absolute Gasteiger partial charge is 0.326 e. The van der Waals surface area contributed by atoms with E-state index in [2.05, 4.69) is 37.2 Å². The van der Waals surface area contributed by atoms with Gasteiger partial charge in [-0.3, -0.25) is 71.9 Å². The third kappa shape index (κ3) is 24.4. The fourth-order valence-corrected chi connectivity index (χ4v) is 13.5. The van der Waals surface area contributed by atoms with E-state index in [9.17, 15) is 87.2 Å². The number of amides is 14. The molecule has 0 unspecified atom stereocenters.